The Hall–Kier alpha value is -3.16. The summed E-state index contributed by atoms with van der Waals surface area (Å²) in [4.78, 5) is 21.6. The van der Waals surface area contributed by atoms with Crippen LogP contribution in [0.25, 0.3) is 11.3 Å². The molecule has 1 amide bonds. The zero-order chi connectivity index (χ0) is 17.7. The molecule has 1 N–H and O–H groups in total. The van der Waals surface area contributed by atoms with E-state index in [4.69, 9.17) is 9.15 Å². The molecule has 1 aromatic carbocycles. The third-order valence-corrected chi connectivity index (χ3v) is 2.74. The predicted octanol–water partition coefficient (Wildman–Crippen LogP) is 3.71. The Morgan fingerprint density at radius 2 is 1.92 bits per heavy atom. The van der Waals surface area contributed by atoms with Crippen LogP contribution in [0.5, 0.6) is 0 Å². The Morgan fingerprint density at radius 1 is 1.25 bits per heavy atom. The number of hydrogen-bond donors (Lipinski definition) is 1. The fourth-order valence-corrected chi connectivity index (χ4v) is 1.77. The Bertz CT molecular complexity index is 757. The van der Waals surface area contributed by atoms with Crippen LogP contribution in [0.3, 0.4) is 0 Å². The maximum absolute atomic E-state index is 11.4. The fourth-order valence-electron chi connectivity index (χ4n) is 1.77. The van der Waals surface area contributed by atoms with Crippen molar-refractivity contribution >= 4 is 18.0 Å². The Kier molecular flexibility index (Phi) is 4.98. The fraction of sp³-hybridized carbons (Fsp3) is 0.250. The second kappa shape index (κ2) is 6.95. The van der Waals surface area contributed by atoms with E-state index in [2.05, 4.69) is 10.5 Å². The summed E-state index contributed by atoms with van der Waals surface area (Å²) in [6.45, 7) is 5.25. The van der Waals surface area contributed by atoms with Gasteiger partial charge in [-0.15, -0.1) is 0 Å². The molecule has 0 radical (unpaired) electrons. The van der Waals surface area contributed by atoms with Crippen LogP contribution in [0, 0.1) is 10.1 Å². The Balaban J connectivity index is 1.99. The van der Waals surface area contributed by atoms with E-state index < -0.39 is 16.6 Å². The SMILES string of the molecule is CC(C)(C)OC(=O)NN=Cc1ccc(-c2ccc([N+](=O)[O-])cc2)o1. The number of furan rings is 1. The molecule has 1 heterocycles. The number of ether oxygens (including phenoxy) is 1. The van der Waals surface area contributed by atoms with Crippen molar-refractivity contribution in [3.05, 3.63) is 52.3 Å². The maximum atomic E-state index is 11.4. The van der Waals surface area contributed by atoms with Gasteiger partial charge in [0.1, 0.15) is 17.1 Å². The van der Waals surface area contributed by atoms with Gasteiger partial charge >= 0.3 is 6.09 Å². The number of carbonyl (C=O) groups excluding carboxylic acids is 1. The molecule has 2 rings (SSSR count). The minimum Gasteiger partial charge on any atom is -0.455 e. The smallest absolute Gasteiger partial charge is 0.428 e. The average molecular weight is 331 g/mol. The summed E-state index contributed by atoms with van der Waals surface area (Å²) < 4.78 is 10.6. The summed E-state index contributed by atoms with van der Waals surface area (Å²) in [5, 5.41) is 14.4. The van der Waals surface area contributed by atoms with E-state index in [0.717, 1.165) is 0 Å². The first kappa shape index (κ1) is 17.2. The largest absolute Gasteiger partial charge is 0.455 e. The number of carbonyl (C=O) groups is 1. The zero-order valence-corrected chi connectivity index (χ0v) is 13.5. The van der Waals surface area contributed by atoms with E-state index in [0.29, 0.717) is 17.1 Å². The van der Waals surface area contributed by atoms with Crippen molar-refractivity contribution in [2.75, 3.05) is 0 Å². The maximum Gasteiger partial charge on any atom is 0.428 e. The zero-order valence-electron chi connectivity index (χ0n) is 13.5. The van der Waals surface area contributed by atoms with Gasteiger partial charge in [-0.2, -0.15) is 5.10 Å². The summed E-state index contributed by atoms with van der Waals surface area (Å²) in [6.07, 6.45) is 0.666. The van der Waals surface area contributed by atoms with Crippen LogP contribution in [0.4, 0.5) is 10.5 Å². The first-order chi connectivity index (χ1) is 11.2. The molecule has 0 aliphatic rings. The highest BCUT2D eigenvalue weighted by Crippen LogP contribution is 2.23. The number of nitro benzene ring substituents is 1. The average Bonchev–Trinajstić information content (AvgIpc) is 2.94. The first-order valence-corrected chi connectivity index (χ1v) is 7.11. The van der Waals surface area contributed by atoms with Crippen molar-refractivity contribution in [3.8, 4) is 11.3 Å². The number of benzene rings is 1. The number of rotatable bonds is 4. The normalized spacial score (nSPS) is 11.5. The molecular formula is C16H17N3O5. The van der Waals surface area contributed by atoms with Gasteiger partial charge in [0.15, 0.2) is 0 Å². The lowest BCUT2D eigenvalue weighted by Gasteiger charge is -2.18. The molecule has 8 heteroatoms. The second-order valence-electron chi connectivity index (χ2n) is 5.88. The highest BCUT2D eigenvalue weighted by atomic mass is 16.6. The molecule has 8 nitrogen and oxygen atoms in total. The van der Waals surface area contributed by atoms with E-state index in [1.165, 1.54) is 18.3 Å². The molecule has 2 aromatic rings. The molecule has 0 spiro atoms. The number of hydrazone groups is 1. The number of non-ortho nitro benzene ring substituents is 1. The van der Waals surface area contributed by atoms with Gasteiger partial charge < -0.3 is 9.15 Å². The van der Waals surface area contributed by atoms with E-state index in [9.17, 15) is 14.9 Å². The van der Waals surface area contributed by atoms with Crippen LogP contribution in [0.2, 0.25) is 0 Å². The molecule has 0 aliphatic carbocycles. The van der Waals surface area contributed by atoms with Crippen LogP contribution in [0.1, 0.15) is 26.5 Å². The lowest BCUT2D eigenvalue weighted by molar-refractivity contribution is -0.384. The number of nitrogens with one attached hydrogen (secondary N) is 1. The van der Waals surface area contributed by atoms with Crippen molar-refractivity contribution in [1.29, 1.82) is 0 Å². The Labute approximate surface area is 138 Å². The minimum atomic E-state index is -0.666. The third-order valence-electron chi connectivity index (χ3n) is 2.74. The topological polar surface area (TPSA) is 107 Å². The Morgan fingerprint density at radius 3 is 2.50 bits per heavy atom. The van der Waals surface area contributed by atoms with Crippen molar-refractivity contribution in [1.82, 2.24) is 5.43 Å². The van der Waals surface area contributed by atoms with E-state index >= 15 is 0 Å². The molecule has 0 unspecified atom stereocenters. The summed E-state index contributed by atoms with van der Waals surface area (Å²) in [5.74, 6) is 0.947. The van der Waals surface area contributed by atoms with Gasteiger partial charge in [0, 0.05) is 17.7 Å². The van der Waals surface area contributed by atoms with Crippen LogP contribution in [0.15, 0.2) is 45.9 Å². The summed E-state index contributed by atoms with van der Waals surface area (Å²) in [6, 6.07) is 9.35. The molecule has 0 saturated carbocycles. The van der Waals surface area contributed by atoms with Crippen LogP contribution >= 0.6 is 0 Å². The molecule has 0 fully saturated rings. The van der Waals surface area contributed by atoms with Gasteiger partial charge in [-0.3, -0.25) is 10.1 Å². The second-order valence-corrected chi connectivity index (χ2v) is 5.88. The quantitative estimate of drug-likeness (QED) is 0.522. The lowest BCUT2D eigenvalue weighted by Crippen LogP contribution is -2.29. The highest BCUT2D eigenvalue weighted by molar-refractivity contribution is 5.79. The number of nitro groups is 1. The van der Waals surface area contributed by atoms with E-state index in [1.807, 2.05) is 0 Å². The molecule has 0 aliphatic heterocycles. The minimum absolute atomic E-state index is 0.00801. The molecule has 1 aromatic heterocycles. The monoisotopic (exact) mass is 331 g/mol. The first-order valence-electron chi connectivity index (χ1n) is 7.11. The highest BCUT2D eigenvalue weighted by Gasteiger charge is 2.15. The molecule has 24 heavy (non-hydrogen) atoms. The van der Waals surface area contributed by atoms with Gasteiger partial charge in [-0.1, -0.05) is 0 Å². The summed E-state index contributed by atoms with van der Waals surface area (Å²) in [5.41, 5.74) is 2.33. The molecular weight excluding hydrogens is 314 g/mol. The van der Waals surface area contributed by atoms with E-state index in [-0.39, 0.29) is 5.69 Å². The predicted molar refractivity (Wildman–Crippen MR) is 87.8 cm³/mol. The molecule has 0 bridgehead atoms. The molecule has 0 saturated heterocycles. The third kappa shape index (κ3) is 4.94. The lowest BCUT2D eigenvalue weighted by atomic mass is 10.1. The van der Waals surface area contributed by atoms with Crippen molar-refractivity contribution in [2.45, 2.75) is 26.4 Å². The van der Waals surface area contributed by atoms with Gasteiger partial charge in [0.25, 0.3) is 5.69 Å². The van der Waals surface area contributed by atoms with Crippen LogP contribution in [-0.2, 0) is 4.74 Å². The standard InChI is InChI=1S/C16H17N3O5/c1-16(2,3)24-15(20)18-17-10-13-8-9-14(23-13)11-4-6-12(7-5-11)19(21)22/h4-10H,1-3H3,(H,18,20). The van der Waals surface area contributed by atoms with Crippen molar-refractivity contribution in [3.63, 3.8) is 0 Å². The van der Waals surface area contributed by atoms with Gasteiger partial charge in [-0.25, -0.2) is 10.2 Å². The number of nitrogens with zero attached hydrogens (tertiary/aromatic N) is 2. The van der Waals surface area contributed by atoms with E-state index in [1.54, 1.807) is 45.0 Å². The van der Waals surface area contributed by atoms with Crippen molar-refractivity contribution < 1.29 is 18.9 Å². The van der Waals surface area contributed by atoms with Gasteiger partial charge in [0.05, 0.1) is 11.1 Å². The molecule has 0 atom stereocenters. The van der Waals surface area contributed by atoms with Crippen LogP contribution < -0.4 is 5.43 Å². The summed E-state index contributed by atoms with van der Waals surface area (Å²) >= 11 is 0. The molecule has 126 valence electrons. The number of amides is 1. The van der Waals surface area contributed by atoms with Crippen molar-refractivity contribution in [2.24, 2.45) is 5.10 Å². The van der Waals surface area contributed by atoms with Crippen LogP contribution in [-0.4, -0.2) is 22.8 Å². The number of hydrogen-bond acceptors (Lipinski definition) is 6. The summed E-state index contributed by atoms with van der Waals surface area (Å²) in [7, 11) is 0. The van der Waals surface area contributed by atoms with Gasteiger partial charge in [0.2, 0.25) is 0 Å². The van der Waals surface area contributed by atoms with Gasteiger partial charge in [-0.05, 0) is 45.0 Å².